The van der Waals surface area contributed by atoms with E-state index < -0.39 is 0 Å². The molecule has 130 valence electrons. The molecule has 0 atom stereocenters. The maximum Gasteiger partial charge on any atom is 0.330 e. The summed E-state index contributed by atoms with van der Waals surface area (Å²) in [4.78, 5) is 11.5. The van der Waals surface area contributed by atoms with Gasteiger partial charge in [-0.1, -0.05) is 90.6 Å². The molecule has 0 saturated heterocycles. The van der Waals surface area contributed by atoms with Gasteiger partial charge in [0, 0.05) is 6.08 Å². The summed E-state index contributed by atoms with van der Waals surface area (Å²) in [6, 6.07) is 0. The van der Waals surface area contributed by atoms with Crippen LogP contribution < -0.4 is 0 Å². The smallest absolute Gasteiger partial charge is 0.330 e. The molecule has 2 nitrogen and oxygen atoms in total. The molecule has 0 spiro atoms. The molecular formula is C20H38O2. The van der Waals surface area contributed by atoms with Crippen molar-refractivity contribution in [3.8, 4) is 0 Å². The van der Waals surface area contributed by atoms with Crippen LogP contribution in [0.25, 0.3) is 0 Å². The zero-order chi connectivity index (χ0) is 16.3. The Morgan fingerprint density at radius 2 is 1.23 bits per heavy atom. The molecule has 0 radical (unpaired) electrons. The van der Waals surface area contributed by atoms with Crippen LogP contribution in [0.2, 0.25) is 0 Å². The molecule has 0 aromatic heterocycles. The van der Waals surface area contributed by atoms with E-state index in [9.17, 15) is 4.79 Å². The number of hydrogen-bond acceptors (Lipinski definition) is 2. The normalized spacial score (nSPS) is 11.2. The molecule has 0 aliphatic carbocycles. The summed E-state index contributed by atoms with van der Waals surface area (Å²) in [5.74, 6) is -0.170. The molecule has 0 unspecified atom stereocenters. The number of unbranched alkanes of at least 4 members (excludes halogenated alkanes) is 12. The summed E-state index contributed by atoms with van der Waals surface area (Å²) < 4.78 is 5.21. The van der Waals surface area contributed by atoms with E-state index in [-0.39, 0.29) is 5.97 Å². The molecule has 0 N–H and O–H groups in total. The van der Waals surface area contributed by atoms with E-state index in [1.165, 1.54) is 77.0 Å². The monoisotopic (exact) mass is 310 g/mol. The van der Waals surface area contributed by atoms with Crippen molar-refractivity contribution >= 4 is 5.97 Å². The van der Waals surface area contributed by atoms with Crippen molar-refractivity contribution in [1.82, 2.24) is 0 Å². The molecule has 0 fully saturated rings. The van der Waals surface area contributed by atoms with E-state index in [1.807, 2.05) is 6.08 Å². The van der Waals surface area contributed by atoms with Gasteiger partial charge in [-0.15, -0.1) is 0 Å². The number of carbonyl (C=O) groups is 1. The zero-order valence-corrected chi connectivity index (χ0v) is 15.1. The first kappa shape index (κ1) is 21.2. The lowest BCUT2D eigenvalue weighted by molar-refractivity contribution is -0.137. The molecule has 22 heavy (non-hydrogen) atoms. The third-order valence-electron chi connectivity index (χ3n) is 3.97. The fourth-order valence-corrected chi connectivity index (χ4v) is 2.50. The summed E-state index contributed by atoms with van der Waals surface area (Å²) in [6.07, 6.45) is 21.1. The van der Waals surface area contributed by atoms with Gasteiger partial charge in [-0.25, -0.2) is 4.79 Å². The van der Waals surface area contributed by atoms with Gasteiger partial charge in [-0.2, -0.15) is 0 Å². The number of carbonyl (C=O) groups excluding carboxylic acids is 1. The lowest BCUT2D eigenvalue weighted by Crippen LogP contribution is -2.02. The Hall–Kier alpha value is -0.790. The van der Waals surface area contributed by atoms with Gasteiger partial charge < -0.3 is 4.74 Å². The van der Waals surface area contributed by atoms with Crippen LogP contribution in [0.15, 0.2) is 12.2 Å². The van der Waals surface area contributed by atoms with Crippen LogP contribution >= 0.6 is 0 Å². The van der Waals surface area contributed by atoms with Gasteiger partial charge in [0.25, 0.3) is 0 Å². The van der Waals surface area contributed by atoms with E-state index >= 15 is 0 Å². The summed E-state index contributed by atoms with van der Waals surface area (Å²) in [6.45, 7) is 5.05. The standard InChI is InChI=1S/C20H38O2/c1-3-5-7-9-11-13-15-17-19-22-20(21)18-16-14-12-10-8-6-4-2/h16,18H,3-15,17,19H2,1-2H3. The fraction of sp³-hybridized carbons (Fsp3) is 0.850. The van der Waals surface area contributed by atoms with Crippen LogP contribution in [0.4, 0.5) is 0 Å². The Morgan fingerprint density at radius 3 is 1.82 bits per heavy atom. The highest BCUT2D eigenvalue weighted by molar-refractivity contribution is 5.81. The van der Waals surface area contributed by atoms with E-state index in [4.69, 9.17) is 4.74 Å². The molecule has 0 saturated carbocycles. The van der Waals surface area contributed by atoms with Crippen LogP contribution in [-0.2, 0) is 9.53 Å². The predicted molar refractivity (Wildman–Crippen MR) is 96.1 cm³/mol. The van der Waals surface area contributed by atoms with E-state index in [2.05, 4.69) is 13.8 Å². The number of esters is 1. The fourth-order valence-electron chi connectivity index (χ4n) is 2.50. The number of allylic oxidation sites excluding steroid dienone is 1. The lowest BCUT2D eigenvalue weighted by Gasteiger charge is -2.03. The van der Waals surface area contributed by atoms with Crippen LogP contribution in [0.1, 0.15) is 104 Å². The lowest BCUT2D eigenvalue weighted by atomic mass is 10.1. The third kappa shape index (κ3) is 17.3. The van der Waals surface area contributed by atoms with Gasteiger partial charge in [0.1, 0.15) is 0 Å². The van der Waals surface area contributed by atoms with Crippen LogP contribution in [0.3, 0.4) is 0 Å². The molecule has 0 rings (SSSR count). The molecular weight excluding hydrogens is 272 g/mol. The van der Waals surface area contributed by atoms with Gasteiger partial charge in [-0.05, 0) is 19.3 Å². The number of ether oxygens (including phenoxy) is 1. The minimum absolute atomic E-state index is 0.170. The third-order valence-corrected chi connectivity index (χ3v) is 3.97. The maximum atomic E-state index is 11.5. The Balaban J connectivity index is 3.24. The average molecular weight is 311 g/mol. The Morgan fingerprint density at radius 1 is 0.727 bits per heavy atom. The molecule has 0 aliphatic heterocycles. The van der Waals surface area contributed by atoms with E-state index in [0.29, 0.717) is 6.61 Å². The van der Waals surface area contributed by atoms with E-state index in [0.717, 1.165) is 12.8 Å². The number of rotatable bonds is 16. The minimum atomic E-state index is -0.170. The van der Waals surface area contributed by atoms with Crippen LogP contribution in [-0.4, -0.2) is 12.6 Å². The second kappa shape index (κ2) is 18.3. The largest absolute Gasteiger partial charge is 0.463 e. The predicted octanol–water partition coefficient (Wildman–Crippen LogP) is 6.59. The number of hydrogen-bond donors (Lipinski definition) is 0. The Kier molecular flexibility index (Phi) is 17.6. The Labute approximate surface area is 138 Å². The summed E-state index contributed by atoms with van der Waals surface area (Å²) in [7, 11) is 0. The SMILES string of the molecule is CCCCCCCC=CC(=O)OCCCCCCCCCC. The van der Waals surface area contributed by atoms with Crippen molar-refractivity contribution in [1.29, 1.82) is 0 Å². The van der Waals surface area contributed by atoms with Crippen LogP contribution in [0, 0.1) is 0 Å². The van der Waals surface area contributed by atoms with Crippen molar-refractivity contribution in [2.24, 2.45) is 0 Å². The first-order valence-corrected chi connectivity index (χ1v) is 9.64. The van der Waals surface area contributed by atoms with Gasteiger partial charge in [0.05, 0.1) is 6.61 Å². The molecule has 0 aromatic carbocycles. The van der Waals surface area contributed by atoms with E-state index in [1.54, 1.807) is 6.08 Å². The van der Waals surface area contributed by atoms with Crippen molar-refractivity contribution < 1.29 is 9.53 Å². The quantitative estimate of drug-likeness (QED) is 0.183. The maximum absolute atomic E-state index is 11.5. The molecule has 0 heterocycles. The minimum Gasteiger partial charge on any atom is -0.463 e. The highest BCUT2D eigenvalue weighted by atomic mass is 16.5. The highest BCUT2D eigenvalue weighted by Gasteiger charge is 1.97. The molecule has 0 aliphatic rings. The van der Waals surface area contributed by atoms with Crippen molar-refractivity contribution in [3.63, 3.8) is 0 Å². The molecule has 2 heteroatoms. The van der Waals surface area contributed by atoms with Crippen molar-refractivity contribution in [3.05, 3.63) is 12.2 Å². The summed E-state index contributed by atoms with van der Waals surface area (Å²) in [5.41, 5.74) is 0. The van der Waals surface area contributed by atoms with Crippen molar-refractivity contribution in [2.45, 2.75) is 104 Å². The molecule has 0 bridgehead atoms. The zero-order valence-electron chi connectivity index (χ0n) is 15.1. The summed E-state index contributed by atoms with van der Waals surface area (Å²) in [5, 5.41) is 0. The van der Waals surface area contributed by atoms with Crippen LogP contribution in [0.5, 0.6) is 0 Å². The molecule has 0 amide bonds. The first-order valence-electron chi connectivity index (χ1n) is 9.64. The van der Waals surface area contributed by atoms with Crippen molar-refractivity contribution in [2.75, 3.05) is 6.61 Å². The van der Waals surface area contributed by atoms with Gasteiger partial charge in [0.2, 0.25) is 0 Å². The second-order valence-corrected chi connectivity index (χ2v) is 6.25. The highest BCUT2D eigenvalue weighted by Crippen LogP contribution is 2.08. The second-order valence-electron chi connectivity index (χ2n) is 6.25. The first-order chi connectivity index (χ1) is 10.8. The topological polar surface area (TPSA) is 26.3 Å². The molecule has 0 aromatic rings. The van der Waals surface area contributed by atoms with Gasteiger partial charge in [-0.3, -0.25) is 0 Å². The van der Waals surface area contributed by atoms with Gasteiger partial charge in [0.15, 0.2) is 0 Å². The average Bonchev–Trinajstić information content (AvgIpc) is 2.52. The Bertz CT molecular complexity index is 258. The van der Waals surface area contributed by atoms with Gasteiger partial charge >= 0.3 is 5.97 Å². The summed E-state index contributed by atoms with van der Waals surface area (Å²) >= 11 is 0.